The number of thiazole rings is 1. The van der Waals surface area contributed by atoms with Gasteiger partial charge in [-0.15, -0.1) is 0 Å². The fraction of sp³-hybridized carbons (Fsp3) is 0.263. The molecule has 4 nitrogen and oxygen atoms in total. The third-order valence-electron chi connectivity index (χ3n) is 4.31. The monoisotopic (exact) mass is 336 g/mol. The van der Waals surface area contributed by atoms with Crippen LogP contribution in [0.15, 0.2) is 54.9 Å². The first kappa shape index (κ1) is 15.3. The standard InChI is InChI=1S/C19H20N4S/c1-2-4-16(5-3-1)17-13-22-19(24-17)23-18-11-14(7-9-21-18)10-15-6-8-20-12-15/h1-5,7,9,11,13,15,20H,6,8,10,12H2,(H,21,22,23)/t15-/m1/s1. The first-order chi connectivity index (χ1) is 11.9. The first-order valence-corrected chi connectivity index (χ1v) is 9.12. The van der Waals surface area contributed by atoms with E-state index in [1.807, 2.05) is 30.6 Å². The van der Waals surface area contributed by atoms with Gasteiger partial charge in [0.05, 0.1) is 4.88 Å². The summed E-state index contributed by atoms with van der Waals surface area (Å²) in [7, 11) is 0. The van der Waals surface area contributed by atoms with E-state index in [1.54, 1.807) is 11.3 Å². The van der Waals surface area contributed by atoms with Crippen LogP contribution in [-0.2, 0) is 6.42 Å². The lowest BCUT2D eigenvalue weighted by Gasteiger charge is -2.09. The zero-order chi connectivity index (χ0) is 16.2. The summed E-state index contributed by atoms with van der Waals surface area (Å²) in [5.41, 5.74) is 2.53. The average molecular weight is 336 g/mol. The molecule has 1 saturated heterocycles. The molecule has 3 heterocycles. The highest BCUT2D eigenvalue weighted by molar-refractivity contribution is 7.18. The van der Waals surface area contributed by atoms with Gasteiger partial charge in [0, 0.05) is 12.4 Å². The second kappa shape index (κ2) is 7.11. The molecule has 1 fully saturated rings. The van der Waals surface area contributed by atoms with Crippen LogP contribution in [0.2, 0.25) is 0 Å². The first-order valence-electron chi connectivity index (χ1n) is 8.31. The zero-order valence-electron chi connectivity index (χ0n) is 13.4. The quantitative estimate of drug-likeness (QED) is 0.736. The molecule has 2 N–H and O–H groups in total. The molecule has 5 heteroatoms. The third-order valence-corrected chi connectivity index (χ3v) is 5.27. The summed E-state index contributed by atoms with van der Waals surface area (Å²) in [6.07, 6.45) is 6.16. The molecule has 24 heavy (non-hydrogen) atoms. The molecule has 1 aliphatic heterocycles. The number of anilines is 2. The Morgan fingerprint density at radius 3 is 2.92 bits per heavy atom. The van der Waals surface area contributed by atoms with E-state index in [9.17, 15) is 0 Å². The van der Waals surface area contributed by atoms with Crippen molar-refractivity contribution in [3.8, 4) is 10.4 Å². The van der Waals surface area contributed by atoms with Crippen molar-refractivity contribution in [2.75, 3.05) is 18.4 Å². The van der Waals surface area contributed by atoms with E-state index in [4.69, 9.17) is 0 Å². The second-order valence-electron chi connectivity index (χ2n) is 6.13. The fourth-order valence-electron chi connectivity index (χ4n) is 3.07. The Labute approximate surface area is 146 Å². The summed E-state index contributed by atoms with van der Waals surface area (Å²) < 4.78 is 0. The highest BCUT2D eigenvalue weighted by Gasteiger charge is 2.15. The van der Waals surface area contributed by atoms with Gasteiger partial charge in [-0.05, 0) is 55.1 Å². The summed E-state index contributed by atoms with van der Waals surface area (Å²) in [6.45, 7) is 2.26. The predicted molar refractivity (Wildman–Crippen MR) is 99.8 cm³/mol. The molecule has 0 spiro atoms. The van der Waals surface area contributed by atoms with E-state index in [1.165, 1.54) is 17.5 Å². The van der Waals surface area contributed by atoms with Gasteiger partial charge in [-0.1, -0.05) is 41.7 Å². The van der Waals surface area contributed by atoms with E-state index in [0.29, 0.717) is 0 Å². The SMILES string of the molecule is c1ccc(-c2cnc(Nc3cc(C[C@H]4CCNC4)ccn3)s2)cc1. The average Bonchev–Trinajstić information content (AvgIpc) is 3.28. The van der Waals surface area contributed by atoms with Crippen molar-refractivity contribution in [2.24, 2.45) is 5.92 Å². The molecule has 1 aromatic carbocycles. The Hall–Kier alpha value is -2.24. The number of nitrogens with zero attached hydrogens (tertiary/aromatic N) is 2. The topological polar surface area (TPSA) is 49.8 Å². The van der Waals surface area contributed by atoms with Crippen LogP contribution in [0.25, 0.3) is 10.4 Å². The number of hydrogen-bond donors (Lipinski definition) is 2. The van der Waals surface area contributed by atoms with E-state index < -0.39 is 0 Å². The fourth-order valence-corrected chi connectivity index (χ4v) is 3.90. The van der Waals surface area contributed by atoms with Gasteiger partial charge in [0.2, 0.25) is 0 Å². The molecule has 2 aromatic heterocycles. The molecule has 0 radical (unpaired) electrons. The highest BCUT2D eigenvalue weighted by Crippen LogP contribution is 2.30. The van der Waals surface area contributed by atoms with Crippen molar-refractivity contribution in [3.63, 3.8) is 0 Å². The third kappa shape index (κ3) is 3.63. The van der Waals surface area contributed by atoms with E-state index >= 15 is 0 Å². The summed E-state index contributed by atoms with van der Waals surface area (Å²) in [4.78, 5) is 10.1. The van der Waals surface area contributed by atoms with Gasteiger partial charge in [0.1, 0.15) is 5.82 Å². The Balaban J connectivity index is 1.46. The van der Waals surface area contributed by atoms with Crippen molar-refractivity contribution >= 4 is 22.3 Å². The van der Waals surface area contributed by atoms with Crippen LogP contribution < -0.4 is 10.6 Å². The molecule has 1 aliphatic rings. The molecular weight excluding hydrogens is 316 g/mol. The molecular formula is C19H20N4S. The Morgan fingerprint density at radius 1 is 1.17 bits per heavy atom. The van der Waals surface area contributed by atoms with Crippen LogP contribution in [0.4, 0.5) is 10.9 Å². The lowest BCUT2D eigenvalue weighted by atomic mass is 9.99. The number of pyridine rings is 1. The number of nitrogens with one attached hydrogen (secondary N) is 2. The molecule has 122 valence electrons. The summed E-state index contributed by atoms with van der Waals surface area (Å²) >= 11 is 1.65. The minimum Gasteiger partial charge on any atom is -0.316 e. The van der Waals surface area contributed by atoms with Gasteiger partial charge in [-0.2, -0.15) is 0 Å². The Bertz CT molecular complexity index is 794. The summed E-state index contributed by atoms with van der Waals surface area (Å²) in [6, 6.07) is 14.6. The Morgan fingerprint density at radius 2 is 2.08 bits per heavy atom. The summed E-state index contributed by atoms with van der Waals surface area (Å²) in [5.74, 6) is 1.61. The lowest BCUT2D eigenvalue weighted by Crippen LogP contribution is -2.10. The van der Waals surface area contributed by atoms with Crippen LogP contribution in [-0.4, -0.2) is 23.1 Å². The minimum atomic E-state index is 0.741. The van der Waals surface area contributed by atoms with Gasteiger partial charge < -0.3 is 10.6 Å². The normalized spacial score (nSPS) is 17.1. The molecule has 0 saturated carbocycles. The predicted octanol–water partition coefficient (Wildman–Crippen LogP) is 4.10. The maximum Gasteiger partial charge on any atom is 0.188 e. The van der Waals surface area contributed by atoms with Gasteiger partial charge in [-0.3, -0.25) is 0 Å². The van der Waals surface area contributed by atoms with Crippen molar-refractivity contribution in [3.05, 3.63) is 60.4 Å². The number of hydrogen-bond acceptors (Lipinski definition) is 5. The number of aromatic nitrogens is 2. The molecule has 0 aliphatic carbocycles. The lowest BCUT2D eigenvalue weighted by molar-refractivity contribution is 0.580. The van der Waals surface area contributed by atoms with Crippen molar-refractivity contribution in [1.82, 2.24) is 15.3 Å². The van der Waals surface area contributed by atoms with Crippen molar-refractivity contribution in [1.29, 1.82) is 0 Å². The van der Waals surface area contributed by atoms with Crippen molar-refractivity contribution < 1.29 is 0 Å². The number of benzene rings is 1. The van der Waals surface area contributed by atoms with Gasteiger partial charge >= 0.3 is 0 Å². The van der Waals surface area contributed by atoms with Gasteiger partial charge in [0.25, 0.3) is 0 Å². The van der Waals surface area contributed by atoms with Crippen LogP contribution in [0, 0.1) is 5.92 Å². The smallest absolute Gasteiger partial charge is 0.188 e. The maximum atomic E-state index is 4.48. The number of rotatable bonds is 5. The zero-order valence-corrected chi connectivity index (χ0v) is 14.2. The van der Waals surface area contributed by atoms with Crippen LogP contribution in [0.1, 0.15) is 12.0 Å². The van der Waals surface area contributed by atoms with E-state index in [0.717, 1.165) is 41.3 Å². The molecule has 3 aromatic rings. The van der Waals surface area contributed by atoms with Crippen LogP contribution in [0.3, 0.4) is 0 Å². The molecule has 0 unspecified atom stereocenters. The maximum absolute atomic E-state index is 4.48. The second-order valence-corrected chi connectivity index (χ2v) is 7.16. The van der Waals surface area contributed by atoms with E-state index in [-0.39, 0.29) is 0 Å². The van der Waals surface area contributed by atoms with Crippen molar-refractivity contribution in [2.45, 2.75) is 12.8 Å². The molecule has 0 bridgehead atoms. The van der Waals surface area contributed by atoms with Gasteiger partial charge in [-0.25, -0.2) is 9.97 Å². The molecule has 4 rings (SSSR count). The molecule has 1 atom stereocenters. The summed E-state index contributed by atoms with van der Waals surface area (Å²) in [5, 5.41) is 7.64. The molecule has 0 amide bonds. The van der Waals surface area contributed by atoms with Gasteiger partial charge in [0.15, 0.2) is 5.13 Å². The largest absolute Gasteiger partial charge is 0.316 e. The van der Waals surface area contributed by atoms with E-state index in [2.05, 4.69) is 44.9 Å². The minimum absolute atomic E-state index is 0.741. The highest BCUT2D eigenvalue weighted by atomic mass is 32.1. The van der Waals surface area contributed by atoms with Crippen LogP contribution in [0.5, 0.6) is 0 Å². The van der Waals surface area contributed by atoms with Crippen LogP contribution >= 0.6 is 11.3 Å². The Kier molecular flexibility index (Phi) is 4.53.